The molecule has 5 nitrogen and oxygen atoms in total. The Morgan fingerprint density at radius 1 is 1.14 bits per heavy atom. The van der Waals surface area contributed by atoms with Gasteiger partial charge < -0.3 is 11.1 Å². The van der Waals surface area contributed by atoms with Crippen LogP contribution in [0.2, 0.25) is 0 Å². The first-order valence-corrected chi connectivity index (χ1v) is 7.02. The first kappa shape index (κ1) is 14.0. The fourth-order valence-electron chi connectivity index (χ4n) is 2.24. The second kappa shape index (κ2) is 6.22. The van der Waals surface area contributed by atoms with Gasteiger partial charge in [0.1, 0.15) is 0 Å². The first-order valence-electron chi connectivity index (χ1n) is 7.02. The van der Waals surface area contributed by atoms with Gasteiger partial charge in [-0.15, -0.1) is 0 Å². The number of hydrogen-bond donors (Lipinski definition) is 2. The summed E-state index contributed by atoms with van der Waals surface area (Å²) < 4.78 is 0. The molecule has 0 spiro atoms. The van der Waals surface area contributed by atoms with Crippen LogP contribution in [-0.4, -0.2) is 15.9 Å². The van der Waals surface area contributed by atoms with Gasteiger partial charge in [-0.2, -0.15) is 0 Å². The number of amides is 1. The van der Waals surface area contributed by atoms with Crippen LogP contribution >= 0.6 is 0 Å². The Bertz CT molecular complexity index is 802. The molecule has 0 fully saturated rings. The number of nitrogen functional groups attached to an aromatic ring is 1. The number of carbonyl (C=O) groups excluding carboxylic acids is 1. The van der Waals surface area contributed by atoms with Crippen LogP contribution in [0.15, 0.2) is 54.9 Å². The van der Waals surface area contributed by atoms with Gasteiger partial charge >= 0.3 is 0 Å². The van der Waals surface area contributed by atoms with Gasteiger partial charge in [0.2, 0.25) is 5.91 Å². The van der Waals surface area contributed by atoms with Gasteiger partial charge in [0.05, 0.1) is 23.3 Å². The fraction of sp³-hybridized carbons (Fsp3) is 0.118. The van der Waals surface area contributed by atoms with Crippen LogP contribution in [0.3, 0.4) is 0 Å². The van der Waals surface area contributed by atoms with Gasteiger partial charge in [-0.1, -0.05) is 24.3 Å². The van der Waals surface area contributed by atoms with E-state index in [1.54, 1.807) is 12.4 Å². The van der Waals surface area contributed by atoms with Crippen molar-refractivity contribution in [2.75, 3.05) is 5.73 Å². The summed E-state index contributed by atoms with van der Waals surface area (Å²) in [6, 6.07) is 13.2. The summed E-state index contributed by atoms with van der Waals surface area (Å²) in [6.45, 7) is 0.461. The molecule has 3 aromatic rings. The number of aromatic nitrogens is 2. The monoisotopic (exact) mass is 292 g/mol. The van der Waals surface area contributed by atoms with Crippen molar-refractivity contribution < 1.29 is 4.79 Å². The van der Waals surface area contributed by atoms with Gasteiger partial charge in [0.25, 0.3) is 0 Å². The largest absolute Gasteiger partial charge is 0.397 e. The number of benzene rings is 1. The summed E-state index contributed by atoms with van der Waals surface area (Å²) in [5.41, 5.74) is 8.94. The van der Waals surface area contributed by atoms with E-state index in [1.807, 2.05) is 42.5 Å². The summed E-state index contributed by atoms with van der Waals surface area (Å²) in [5, 5.41) is 3.83. The van der Waals surface area contributed by atoms with E-state index in [9.17, 15) is 4.79 Å². The Balaban J connectivity index is 1.67. The standard InChI is InChI=1S/C17H16N4O/c18-15-5-1-4-13-6-7-14(21-17(13)15)9-16(22)20-11-12-3-2-8-19-10-12/h1-8,10H,9,11,18H2,(H,20,22). The van der Waals surface area contributed by atoms with Crippen molar-refractivity contribution in [2.45, 2.75) is 13.0 Å². The fourth-order valence-corrected chi connectivity index (χ4v) is 2.24. The Kier molecular flexibility index (Phi) is 3.96. The summed E-state index contributed by atoms with van der Waals surface area (Å²) >= 11 is 0. The summed E-state index contributed by atoms with van der Waals surface area (Å²) in [7, 11) is 0. The van der Waals surface area contributed by atoms with E-state index in [0.29, 0.717) is 17.9 Å². The molecule has 3 rings (SSSR count). The number of anilines is 1. The van der Waals surface area contributed by atoms with Crippen molar-refractivity contribution in [3.8, 4) is 0 Å². The van der Waals surface area contributed by atoms with Gasteiger partial charge in [-0.25, -0.2) is 0 Å². The third kappa shape index (κ3) is 3.20. The maximum Gasteiger partial charge on any atom is 0.226 e. The molecule has 0 saturated heterocycles. The van der Waals surface area contributed by atoms with Crippen molar-refractivity contribution in [3.63, 3.8) is 0 Å². The molecule has 2 aromatic heterocycles. The maximum atomic E-state index is 12.0. The van der Waals surface area contributed by atoms with Crippen molar-refractivity contribution >= 4 is 22.5 Å². The number of rotatable bonds is 4. The SMILES string of the molecule is Nc1cccc2ccc(CC(=O)NCc3cccnc3)nc12. The molecule has 0 aliphatic rings. The lowest BCUT2D eigenvalue weighted by atomic mass is 10.1. The molecule has 22 heavy (non-hydrogen) atoms. The second-order valence-corrected chi connectivity index (χ2v) is 5.04. The summed E-state index contributed by atoms with van der Waals surface area (Å²) in [5.74, 6) is -0.0785. The van der Waals surface area contributed by atoms with E-state index in [4.69, 9.17) is 5.73 Å². The molecule has 0 unspecified atom stereocenters. The van der Waals surface area contributed by atoms with Gasteiger partial charge in [0, 0.05) is 24.3 Å². The summed E-state index contributed by atoms with van der Waals surface area (Å²) in [4.78, 5) is 20.5. The van der Waals surface area contributed by atoms with Crippen LogP contribution in [0.5, 0.6) is 0 Å². The molecule has 0 aliphatic heterocycles. The molecule has 110 valence electrons. The van der Waals surface area contributed by atoms with Crippen LogP contribution in [0.4, 0.5) is 5.69 Å². The average molecular weight is 292 g/mol. The van der Waals surface area contributed by atoms with Gasteiger partial charge in [-0.05, 0) is 23.8 Å². The zero-order chi connectivity index (χ0) is 15.4. The smallest absolute Gasteiger partial charge is 0.226 e. The van der Waals surface area contributed by atoms with E-state index < -0.39 is 0 Å². The van der Waals surface area contributed by atoms with Crippen molar-refractivity contribution in [1.29, 1.82) is 0 Å². The predicted octanol–water partition coefficient (Wildman–Crippen LogP) is 2.07. The number of fused-ring (bicyclic) bond motifs is 1. The molecule has 0 saturated carbocycles. The molecule has 5 heteroatoms. The quantitative estimate of drug-likeness (QED) is 0.721. The Labute approximate surface area is 128 Å². The zero-order valence-electron chi connectivity index (χ0n) is 12.0. The Morgan fingerprint density at radius 2 is 2.05 bits per heavy atom. The normalized spacial score (nSPS) is 10.5. The highest BCUT2D eigenvalue weighted by Crippen LogP contribution is 2.18. The molecule has 1 aromatic carbocycles. The van der Waals surface area contributed by atoms with Crippen LogP contribution in [-0.2, 0) is 17.8 Å². The number of carbonyl (C=O) groups is 1. The third-order valence-electron chi connectivity index (χ3n) is 3.36. The Morgan fingerprint density at radius 3 is 2.86 bits per heavy atom. The number of nitrogens with one attached hydrogen (secondary N) is 1. The van der Waals surface area contributed by atoms with Crippen LogP contribution < -0.4 is 11.1 Å². The maximum absolute atomic E-state index is 12.0. The minimum Gasteiger partial charge on any atom is -0.397 e. The highest BCUT2D eigenvalue weighted by Gasteiger charge is 2.07. The minimum absolute atomic E-state index is 0.0785. The highest BCUT2D eigenvalue weighted by molar-refractivity contribution is 5.89. The highest BCUT2D eigenvalue weighted by atomic mass is 16.1. The van der Waals surface area contributed by atoms with Crippen molar-refractivity contribution in [3.05, 3.63) is 66.1 Å². The van der Waals surface area contributed by atoms with E-state index in [0.717, 1.165) is 16.5 Å². The number of para-hydroxylation sites is 1. The topological polar surface area (TPSA) is 80.9 Å². The molecule has 0 aliphatic carbocycles. The minimum atomic E-state index is -0.0785. The van der Waals surface area contributed by atoms with Crippen LogP contribution in [0.1, 0.15) is 11.3 Å². The predicted molar refractivity (Wildman–Crippen MR) is 85.9 cm³/mol. The third-order valence-corrected chi connectivity index (χ3v) is 3.36. The molecule has 0 bridgehead atoms. The van der Waals surface area contributed by atoms with Crippen molar-refractivity contribution in [2.24, 2.45) is 0 Å². The van der Waals surface area contributed by atoms with Gasteiger partial charge in [-0.3, -0.25) is 14.8 Å². The lowest BCUT2D eigenvalue weighted by molar-refractivity contribution is -0.120. The molecule has 1 amide bonds. The lowest BCUT2D eigenvalue weighted by Crippen LogP contribution is -2.25. The second-order valence-electron chi connectivity index (χ2n) is 5.04. The molecule has 3 N–H and O–H groups in total. The van der Waals surface area contributed by atoms with E-state index in [2.05, 4.69) is 15.3 Å². The molecular formula is C17H16N4O. The number of nitrogens with two attached hydrogens (primary N) is 1. The molecule has 0 radical (unpaired) electrons. The van der Waals surface area contributed by atoms with E-state index in [-0.39, 0.29) is 12.3 Å². The molecular weight excluding hydrogens is 276 g/mol. The van der Waals surface area contributed by atoms with Crippen LogP contribution in [0, 0.1) is 0 Å². The van der Waals surface area contributed by atoms with Crippen molar-refractivity contribution in [1.82, 2.24) is 15.3 Å². The average Bonchev–Trinajstić information content (AvgIpc) is 2.55. The Hall–Kier alpha value is -2.95. The number of pyridine rings is 2. The first-order chi connectivity index (χ1) is 10.7. The molecule has 0 atom stereocenters. The number of hydrogen-bond acceptors (Lipinski definition) is 4. The zero-order valence-corrected chi connectivity index (χ0v) is 12.0. The van der Waals surface area contributed by atoms with Gasteiger partial charge in [0.15, 0.2) is 0 Å². The lowest BCUT2D eigenvalue weighted by Gasteiger charge is -2.06. The summed E-state index contributed by atoms with van der Waals surface area (Å²) in [6.07, 6.45) is 3.66. The molecule has 2 heterocycles. The van der Waals surface area contributed by atoms with Crippen LogP contribution in [0.25, 0.3) is 10.9 Å². The van der Waals surface area contributed by atoms with E-state index >= 15 is 0 Å². The number of nitrogens with zero attached hydrogens (tertiary/aromatic N) is 2. The van der Waals surface area contributed by atoms with E-state index in [1.165, 1.54) is 0 Å².